The molecule has 9 rings (SSSR count). The van der Waals surface area contributed by atoms with Crippen LogP contribution in [0.5, 0.6) is 0 Å². The lowest BCUT2D eigenvalue weighted by Gasteiger charge is -2.14. The third kappa shape index (κ3) is 3.60. The van der Waals surface area contributed by atoms with Crippen LogP contribution in [0.25, 0.3) is 82.8 Å². The van der Waals surface area contributed by atoms with Crippen molar-refractivity contribution < 1.29 is 0 Å². The maximum absolute atomic E-state index is 5.29. The van der Waals surface area contributed by atoms with E-state index >= 15 is 0 Å². The molecule has 0 aliphatic heterocycles. The highest BCUT2D eigenvalue weighted by Gasteiger charge is 2.22. The van der Waals surface area contributed by atoms with Gasteiger partial charge in [-0.2, -0.15) is 0 Å². The first-order valence-electron chi connectivity index (χ1n) is 14.5. The van der Waals surface area contributed by atoms with E-state index in [1.54, 1.807) is 0 Å². The third-order valence-corrected chi connectivity index (χ3v) is 8.47. The van der Waals surface area contributed by atoms with Gasteiger partial charge in [0.2, 0.25) is 0 Å². The van der Waals surface area contributed by atoms with Crippen molar-refractivity contribution in [3.8, 4) is 33.9 Å². The first-order chi connectivity index (χ1) is 21.3. The number of benzene rings is 5. The molecule has 4 aromatic heterocycles. The number of aromatic nitrogens is 4. The average Bonchev–Trinajstić information content (AvgIpc) is 3.50. The molecular weight excluding hydrogens is 524 g/mol. The molecule has 0 saturated carbocycles. The van der Waals surface area contributed by atoms with Crippen LogP contribution >= 0.6 is 0 Å². The summed E-state index contributed by atoms with van der Waals surface area (Å²) in [5.74, 6) is 0. The fourth-order valence-electron chi connectivity index (χ4n) is 6.58. The highest BCUT2D eigenvalue weighted by Crippen LogP contribution is 2.41. The van der Waals surface area contributed by atoms with Crippen LogP contribution in [0.1, 0.15) is 0 Å². The molecule has 0 aliphatic carbocycles. The highest BCUT2D eigenvalue weighted by atomic mass is 15.1. The van der Waals surface area contributed by atoms with Gasteiger partial charge in [-0.15, -0.1) is 0 Å². The van der Waals surface area contributed by atoms with Crippen LogP contribution in [-0.4, -0.2) is 19.4 Å². The van der Waals surface area contributed by atoms with Gasteiger partial charge >= 0.3 is 0 Å². The summed E-state index contributed by atoms with van der Waals surface area (Å²) in [6.07, 6.45) is 3.65. The smallest absolute Gasteiger partial charge is 0.146 e. The molecule has 0 amide bonds. The van der Waals surface area contributed by atoms with Crippen LogP contribution in [0.3, 0.4) is 0 Å². The van der Waals surface area contributed by atoms with Crippen LogP contribution in [-0.2, 0) is 0 Å². The summed E-state index contributed by atoms with van der Waals surface area (Å²) in [6.45, 7) is 0. The molecule has 0 spiro atoms. The van der Waals surface area contributed by atoms with E-state index in [0.29, 0.717) is 0 Å². The molecule has 0 unspecified atom stereocenters. The molecule has 0 aliphatic rings. The Morgan fingerprint density at radius 1 is 0.465 bits per heavy atom. The van der Waals surface area contributed by atoms with Gasteiger partial charge in [-0.05, 0) is 86.6 Å². The summed E-state index contributed by atoms with van der Waals surface area (Å²) >= 11 is 0. The van der Waals surface area contributed by atoms with Crippen molar-refractivity contribution in [2.75, 3.05) is 0 Å². The van der Waals surface area contributed by atoms with Gasteiger partial charge < -0.3 is 0 Å². The minimum Gasteiger partial charge on any atom is -0.290 e. The van der Waals surface area contributed by atoms with Gasteiger partial charge in [0.05, 0.1) is 16.9 Å². The number of hydrogen-bond acceptors (Lipinski definition) is 3. The van der Waals surface area contributed by atoms with Gasteiger partial charge in [0.15, 0.2) is 0 Å². The Balaban J connectivity index is 1.40. The molecule has 4 heteroatoms. The van der Waals surface area contributed by atoms with E-state index in [9.17, 15) is 0 Å². The average molecular weight is 549 g/mol. The minimum atomic E-state index is 0.821. The molecule has 43 heavy (non-hydrogen) atoms. The van der Waals surface area contributed by atoms with Crippen molar-refractivity contribution in [2.45, 2.75) is 0 Å². The summed E-state index contributed by atoms with van der Waals surface area (Å²) in [5.41, 5.74) is 7.84. The predicted octanol–water partition coefficient (Wildman–Crippen LogP) is 9.74. The summed E-state index contributed by atoms with van der Waals surface area (Å²) in [4.78, 5) is 14.7. The van der Waals surface area contributed by atoms with Crippen molar-refractivity contribution in [3.05, 3.63) is 146 Å². The molecule has 5 aromatic carbocycles. The largest absolute Gasteiger partial charge is 0.290 e. The summed E-state index contributed by atoms with van der Waals surface area (Å²) < 4.78 is 2.26. The number of pyridine rings is 3. The van der Waals surface area contributed by atoms with Gasteiger partial charge in [-0.1, -0.05) is 84.9 Å². The fourth-order valence-corrected chi connectivity index (χ4v) is 6.58. The molecule has 9 aromatic rings. The Morgan fingerprint density at radius 3 is 1.93 bits per heavy atom. The lowest BCUT2D eigenvalue weighted by atomic mass is 9.92. The van der Waals surface area contributed by atoms with Crippen LogP contribution in [0.15, 0.2) is 146 Å². The van der Waals surface area contributed by atoms with E-state index in [1.165, 1.54) is 43.4 Å². The predicted molar refractivity (Wildman–Crippen MR) is 177 cm³/mol. The lowest BCUT2D eigenvalue weighted by molar-refractivity contribution is 1.22. The van der Waals surface area contributed by atoms with Gasteiger partial charge in [0.1, 0.15) is 17.0 Å². The molecule has 0 atom stereocenters. The number of fused-ring (bicyclic) bond motifs is 9. The van der Waals surface area contributed by atoms with E-state index < -0.39 is 0 Å². The maximum atomic E-state index is 5.29. The molecular formula is C39H24N4. The number of para-hydroxylation sites is 1. The van der Waals surface area contributed by atoms with Gasteiger partial charge in [-0.25, -0.2) is 4.98 Å². The summed E-state index contributed by atoms with van der Waals surface area (Å²) in [5, 5.41) is 8.46. The number of rotatable bonds is 3. The molecule has 4 nitrogen and oxygen atoms in total. The van der Waals surface area contributed by atoms with Crippen molar-refractivity contribution in [2.24, 2.45) is 0 Å². The molecule has 0 N–H and O–H groups in total. The van der Waals surface area contributed by atoms with Crippen LogP contribution in [0.2, 0.25) is 0 Å². The molecule has 0 bridgehead atoms. The van der Waals surface area contributed by atoms with Crippen molar-refractivity contribution in [1.29, 1.82) is 0 Å². The normalized spacial score (nSPS) is 11.7. The SMILES string of the molecule is c1ccc(-c2nc3c4ccc(-c5cc6ccccc6c6ccccc56)cc4c4ccccc4n3c2-c2ccccn2)nc1. The minimum absolute atomic E-state index is 0.821. The highest BCUT2D eigenvalue weighted by molar-refractivity contribution is 6.17. The zero-order chi connectivity index (χ0) is 28.3. The first kappa shape index (κ1) is 23.8. The Morgan fingerprint density at radius 2 is 1.14 bits per heavy atom. The van der Waals surface area contributed by atoms with Gasteiger partial charge in [0.25, 0.3) is 0 Å². The van der Waals surface area contributed by atoms with Crippen molar-refractivity contribution in [3.63, 3.8) is 0 Å². The number of nitrogens with zero attached hydrogens (tertiary/aromatic N) is 4. The third-order valence-electron chi connectivity index (χ3n) is 8.47. The Bertz CT molecular complexity index is 2500. The standard InChI is InChI=1S/C39H24N4/c1-2-12-27-25(11-1)23-32(29-14-4-3-13-28(27)29)26-19-20-31-33(24-26)30-15-5-6-18-36(30)43-38(35-17-8-10-22-41-35)37(42-39(31)43)34-16-7-9-21-40-34/h1-24H. The van der Waals surface area contributed by atoms with Crippen LogP contribution in [0.4, 0.5) is 0 Å². The second-order valence-corrected chi connectivity index (χ2v) is 10.9. The molecule has 200 valence electrons. The van der Waals surface area contributed by atoms with Crippen molar-refractivity contribution >= 4 is 48.9 Å². The zero-order valence-electron chi connectivity index (χ0n) is 23.1. The fraction of sp³-hybridized carbons (Fsp3) is 0. The van der Waals surface area contributed by atoms with E-state index in [1.807, 2.05) is 48.8 Å². The monoisotopic (exact) mass is 548 g/mol. The van der Waals surface area contributed by atoms with E-state index in [4.69, 9.17) is 15.0 Å². The van der Waals surface area contributed by atoms with Crippen LogP contribution < -0.4 is 0 Å². The second kappa shape index (κ2) is 9.33. The number of imidazole rings is 1. The number of hydrogen-bond donors (Lipinski definition) is 0. The quantitative estimate of drug-likeness (QED) is 0.206. The van der Waals surface area contributed by atoms with Gasteiger partial charge in [-0.3, -0.25) is 14.4 Å². The van der Waals surface area contributed by atoms with E-state index in [0.717, 1.165) is 39.3 Å². The molecule has 0 radical (unpaired) electrons. The Labute approximate surface area is 247 Å². The topological polar surface area (TPSA) is 43.1 Å². The summed E-state index contributed by atoms with van der Waals surface area (Å²) in [6, 6.07) is 47.0. The van der Waals surface area contributed by atoms with Crippen molar-refractivity contribution in [1.82, 2.24) is 19.4 Å². The second-order valence-electron chi connectivity index (χ2n) is 10.9. The molecule has 0 saturated heterocycles. The maximum Gasteiger partial charge on any atom is 0.146 e. The lowest BCUT2D eigenvalue weighted by Crippen LogP contribution is -1.96. The summed E-state index contributed by atoms with van der Waals surface area (Å²) in [7, 11) is 0. The Hall–Kier alpha value is -5.87. The van der Waals surface area contributed by atoms with Gasteiger partial charge in [0, 0.05) is 23.2 Å². The molecule has 4 heterocycles. The zero-order valence-corrected chi connectivity index (χ0v) is 23.1. The van der Waals surface area contributed by atoms with E-state index in [2.05, 4.69) is 101 Å². The van der Waals surface area contributed by atoms with E-state index in [-0.39, 0.29) is 0 Å². The molecule has 0 fully saturated rings. The first-order valence-corrected chi connectivity index (χ1v) is 14.5. The van der Waals surface area contributed by atoms with Crippen LogP contribution in [0, 0.1) is 0 Å². The Kier molecular flexibility index (Phi) is 5.16.